The van der Waals surface area contributed by atoms with Crippen molar-refractivity contribution in [1.82, 2.24) is 30.1 Å². The van der Waals surface area contributed by atoms with E-state index in [9.17, 15) is 24.5 Å². The summed E-state index contributed by atoms with van der Waals surface area (Å²) < 4.78 is 6.81. The zero-order valence-corrected chi connectivity index (χ0v) is 26.9. The predicted molar refractivity (Wildman–Crippen MR) is 172 cm³/mol. The summed E-state index contributed by atoms with van der Waals surface area (Å²) in [6.07, 6.45) is 5.36. The zero-order chi connectivity index (χ0) is 34.1. The topological polar surface area (TPSA) is 175 Å². The summed E-state index contributed by atoms with van der Waals surface area (Å²) in [6, 6.07) is 11.0. The SMILES string of the molecule is CC(C)(C)OC(=O)c1ccc(NC(=O)C2c3cc([N+](=O)[O-])cnc3C(C)(C)CN2C(=O)/C=C/c2cc(Cl)ccc2-n2cnnn2)cc1. The van der Waals surface area contributed by atoms with Gasteiger partial charge in [-0.05, 0) is 79.7 Å². The number of benzene rings is 2. The van der Waals surface area contributed by atoms with Crippen molar-refractivity contribution in [1.29, 1.82) is 0 Å². The molecule has 0 aliphatic carbocycles. The van der Waals surface area contributed by atoms with Gasteiger partial charge in [-0.2, -0.15) is 4.68 Å². The number of aromatic nitrogens is 5. The Labute approximate surface area is 274 Å². The first-order valence-corrected chi connectivity index (χ1v) is 14.8. The number of rotatable bonds is 7. The summed E-state index contributed by atoms with van der Waals surface area (Å²) >= 11 is 6.24. The number of nitrogens with zero attached hydrogens (tertiary/aromatic N) is 7. The molecule has 2 aromatic carbocycles. The van der Waals surface area contributed by atoms with E-state index in [0.29, 0.717) is 27.7 Å². The molecule has 5 rings (SSSR count). The number of nitrogens with one attached hydrogen (secondary N) is 1. The van der Waals surface area contributed by atoms with Crippen molar-refractivity contribution >= 4 is 46.8 Å². The number of esters is 1. The Balaban J connectivity index is 1.50. The summed E-state index contributed by atoms with van der Waals surface area (Å²) in [5.41, 5.74) is 0.586. The van der Waals surface area contributed by atoms with Gasteiger partial charge < -0.3 is 15.0 Å². The van der Waals surface area contributed by atoms with Gasteiger partial charge in [0.05, 0.1) is 21.9 Å². The molecular weight excluding hydrogens is 628 g/mol. The number of tetrazole rings is 1. The second-order valence-corrected chi connectivity index (χ2v) is 12.9. The molecule has 14 nitrogen and oxygen atoms in total. The first-order valence-electron chi connectivity index (χ1n) is 14.4. The number of nitro groups is 1. The molecule has 47 heavy (non-hydrogen) atoms. The van der Waals surface area contributed by atoms with Crippen LogP contribution in [0.4, 0.5) is 11.4 Å². The third kappa shape index (κ3) is 7.33. The Morgan fingerprint density at radius 2 is 1.85 bits per heavy atom. The smallest absolute Gasteiger partial charge is 0.338 e. The van der Waals surface area contributed by atoms with Gasteiger partial charge in [0.2, 0.25) is 5.91 Å². The fourth-order valence-electron chi connectivity index (χ4n) is 5.23. The fraction of sp³-hybridized carbons (Fsp3) is 0.281. The number of carbonyl (C=O) groups excluding carboxylic acids is 3. The molecule has 0 radical (unpaired) electrons. The van der Waals surface area contributed by atoms with E-state index in [0.717, 1.165) is 6.20 Å². The predicted octanol–water partition coefficient (Wildman–Crippen LogP) is 5.09. The van der Waals surface area contributed by atoms with Crippen LogP contribution in [-0.4, -0.2) is 64.9 Å². The lowest BCUT2D eigenvalue weighted by Gasteiger charge is -2.43. The highest BCUT2D eigenvalue weighted by Crippen LogP contribution is 2.40. The van der Waals surface area contributed by atoms with Crippen molar-refractivity contribution < 1.29 is 24.0 Å². The van der Waals surface area contributed by atoms with Crippen LogP contribution in [0.2, 0.25) is 5.02 Å². The first-order chi connectivity index (χ1) is 22.1. The molecule has 1 unspecified atom stereocenters. The fourth-order valence-corrected chi connectivity index (χ4v) is 5.41. The highest BCUT2D eigenvalue weighted by Gasteiger charge is 2.44. The minimum absolute atomic E-state index is 0.0685. The lowest BCUT2D eigenvalue weighted by molar-refractivity contribution is -0.385. The third-order valence-corrected chi connectivity index (χ3v) is 7.47. The van der Waals surface area contributed by atoms with Crippen molar-refractivity contribution in [3.8, 4) is 5.69 Å². The maximum Gasteiger partial charge on any atom is 0.338 e. The molecule has 1 atom stereocenters. The number of halogens is 1. The van der Waals surface area contributed by atoms with Crippen LogP contribution in [0.25, 0.3) is 11.8 Å². The summed E-state index contributed by atoms with van der Waals surface area (Å²) in [7, 11) is 0. The van der Waals surface area contributed by atoms with Crippen molar-refractivity contribution in [3.63, 3.8) is 0 Å². The number of ether oxygens (including phenoxy) is 1. The zero-order valence-electron chi connectivity index (χ0n) is 26.2. The van der Waals surface area contributed by atoms with Crippen LogP contribution in [-0.2, 0) is 19.7 Å². The Hall–Kier alpha value is -5.50. The van der Waals surface area contributed by atoms with Crippen molar-refractivity contribution in [2.75, 3.05) is 11.9 Å². The van der Waals surface area contributed by atoms with Crippen LogP contribution in [0.3, 0.4) is 0 Å². The Morgan fingerprint density at radius 3 is 2.49 bits per heavy atom. The normalized spacial score (nSPS) is 15.6. The van der Waals surface area contributed by atoms with E-state index in [2.05, 4.69) is 25.8 Å². The van der Waals surface area contributed by atoms with E-state index >= 15 is 0 Å². The molecular formula is C32H31ClN8O6. The van der Waals surface area contributed by atoms with Gasteiger partial charge in [0.1, 0.15) is 24.2 Å². The van der Waals surface area contributed by atoms with Gasteiger partial charge in [-0.1, -0.05) is 25.4 Å². The van der Waals surface area contributed by atoms with Crippen LogP contribution in [0.5, 0.6) is 0 Å². The molecule has 242 valence electrons. The lowest BCUT2D eigenvalue weighted by Crippen LogP contribution is -2.51. The average Bonchev–Trinajstić information content (AvgIpc) is 3.53. The van der Waals surface area contributed by atoms with Crippen molar-refractivity contribution in [2.24, 2.45) is 0 Å². The molecule has 15 heteroatoms. The standard InChI is InChI=1S/C32H31ClN8O6/c1-31(2,3)47-30(44)19-6-10-22(11-7-19)36-29(43)27-24-15-23(41(45)46)16-34-28(24)32(4,5)17-39(27)26(42)13-8-20-14-21(33)9-12-25(20)40-18-35-37-38-40/h6-16,18,27H,17H2,1-5H3,(H,36,43)/b13-8+. The van der Waals surface area contributed by atoms with E-state index < -0.39 is 39.8 Å². The molecule has 2 aromatic heterocycles. The number of amides is 2. The number of fused-ring (bicyclic) bond motifs is 1. The van der Waals surface area contributed by atoms with Crippen LogP contribution < -0.4 is 5.32 Å². The van der Waals surface area contributed by atoms with Crippen molar-refractivity contribution in [2.45, 2.75) is 51.7 Å². The molecule has 0 saturated heterocycles. The maximum absolute atomic E-state index is 14.0. The molecule has 1 aliphatic rings. The summed E-state index contributed by atoms with van der Waals surface area (Å²) in [4.78, 5) is 57.3. The second-order valence-electron chi connectivity index (χ2n) is 12.5. The van der Waals surface area contributed by atoms with Gasteiger partial charge in [0.25, 0.3) is 11.6 Å². The van der Waals surface area contributed by atoms with Gasteiger partial charge in [-0.25, -0.2) is 4.79 Å². The van der Waals surface area contributed by atoms with Crippen LogP contribution in [0.1, 0.15) is 67.8 Å². The monoisotopic (exact) mass is 658 g/mol. The lowest BCUT2D eigenvalue weighted by atomic mass is 9.78. The van der Waals surface area contributed by atoms with Crippen molar-refractivity contribution in [3.05, 3.63) is 105 Å². The number of carbonyl (C=O) groups is 3. The molecule has 1 N–H and O–H groups in total. The molecule has 0 saturated carbocycles. The number of pyridine rings is 1. The van der Waals surface area contributed by atoms with Crippen LogP contribution >= 0.6 is 11.6 Å². The second kappa shape index (κ2) is 12.7. The van der Waals surface area contributed by atoms with Crippen LogP contribution in [0, 0.1) is 10.1 Å². The minimum atomic E-state index is -1.29. The summed E-state index contributed by atoms with van der Waals surface area (Å²) in [5, 5.41) is 26.2. The van der Waals surface area contributed by atoms with Crippen LogP contribution in [0.15, 0.2) is 67.1 Å². The van der Waals surface area contributed by atoms with E-state index in [1.807, 2.05) is 13.8 Å². The van der Waals surface area contributed by atoms with Gasteiger partial charge in [0.15, 0.2) is 0 Å². The van der Waals surface area contributed by atoms with E-state index in [1.54, 1.807) is 39.0 Å². The highest BCUT2D eigenvalue weighted by molar-refractivity contribution is 6.30. The van der Waals surface area contributed by atoms with E-state index in [-0.39, 0.29) is 23.4 Å². The quantitative estimate of drug-likeness (QED) is 0.122. The minimum Gasteiger partial charge on any atom is -0.456 e. The number of hydrogen-bond acceptors (Lipinski definition) is 10. The van der Waals surface area contributed by atoms with E-state index in [4.69, 9.17) is 16.3 Å². The average molecular weight is 659 g/mol. The molecule has 4 aromatic rings. The highest BCUT2D eigenvalue weighted by atomic mass is 35.5. The Kier molecular flexibility index (Phi) is 8.89. The number of anilines is 1. The van der Waals surface area contributed by atoms with E-state index in [1.165, 1.54) is 58.4 Å². The Morgan fingerprint density at radius 1 is 1.13 bits per heavy atom. The first kappa shape index (κ1) is 32.9. The molecule has 1 aliphatic heterocycles. The third-order valence-electron chi connectivity index (χ3n) is 7.24. The van der Waals surface area contributed by atoms with Gasteiger partial charge in [-0.15, -0.1) is 5.10 Å². The van der Waals surface area contributed by atoms with Gasteiger partial charge in [0, 0.05) is 45.9 Å². The molecule has 0 bridgehead atoms. The number of hydrogen-bond donors (Lipinski definition) is 1. The largest absolute Gasteiger partial charge is 0.456 e. The van der Waals surface area contributed by atoms with Gasteiger partial charge in [-0.3, -0.25) is 24.7 Å². The van der Waals surface area contributed by atoms with Gasteiger partial charge >= 0.3 is 5.97 Å². The summed E-state index contributed by atoms with van der Waals surface area (Å²) in [6.45, 7) is 9.01. The molecule has 0 fully saturated rings. The Bertz CT molecular complexity index is 1880. The molecule has 2 amide bonds. The maximum atomic E-state index is 14.0. The summed E-state index contributed by atoms with van der Waals surface area (Å²) in [5.74, 6) is -1.70. The molecule has 0 spiro atoms. The molecule has 3 heterocycles.